The molecule has 0 fully saturated rings. The number of halogens is 2. The second kappa shape index (κ2) is 8.59. The Morgan fingerprint density at radius 3 is 2.78 bits per heavy atom. The molecule has 0 spiro atoms. The molecule has 1 amide bonds. The number of rotatable bonds is 5. The summed E-state index contributed by atoms with van der Waals surface area (Å²) in [4.78, 5) is 30.4. The third-order valence-electron chi connectivity index (χ3n) is 3.85. The summed E-state index contributed by atoms with van der Waals surface area (Å²) in [5.74, 6) is 2.93. The predicted octanol–water partition coefficient (Wildman–Crippen LogP) is 0.893. The van der Waals surface area contributed by atoms with Crippen molar-refractivity contribution in [1.82, 2.24) is 15.3 Å². The fourth-order valence-corrected chi connectivity index (χ4v) is 3.45. The molecule has 0 aliphatic heterocycles. The van der Waals surface area contributed by atoms with Crippen molar-refractivity contribution in [3.05, 3.63) is 38.3 Å². The molecule has 1 aliphatic rings. The maximum Gasteiger partial charge on any atom is 0.263 e. The zero-order valence-corrected chi connectivity index (χ0v) is 16.5. The molecular formula is C15H15Cl2N6O3S-. The SMILES string of the molecule is CSc1nc([O-])c(C(=O)NC2=C(Cl)C=C(C(C=N)=NN)C(C)C2Cl)c(=O)[nH]1. The van der Waals surface area contributed by atoms with E-state index in [1.807, 2.05) is 0 Å². The Hall–Kier alpha value is -2.30. The van der Waals surface area contributed by atoms with Gasteiger partial charge in [0.25, 0.3) is 11.5 Å². The number of nitrogens with one attached hydrogen (secondary N) is 3. The summed E-state index contributed by atoms with van der Waals surface area (Å²) in [5, 5.41) is 24.6. The molecule has 0 bridgehead atoms. The first-order valence-corrected chi connectivity index (χ1v) is 9.49. The molecular weight excluding hydrogens is 415 g/mol. The lowest BCUT2D eigenvalue weighted by Crippen LogP contribution is -2.38. The van der Waals surface area contributed by atoms with Crippen LogP contribution < -0.4 is 21.8 Å². The van der Waals surface area contributed by atoms with E-state index >= 15 is 0 Å². The maximum atomic E-state index is 12.4. The number of hydrazone groups is 1. The Labute approximate surface area is 168 Å². The summed E-state index contributed by atoms with van der Waals surface area (Å²) in [6.07, 6.45) is 4.05. The van der Waals surface area contributed by atoms with Gasteiger partial charge in [0.05, 0.1) is 16.1 Å². The first-order valence-electron chi connectivity index (χ1n) is 7.45. The van der Waals surface area contributed by atoms with Crippen LogP contribution in [0.25, 0.3) is 0 Å². The van der Waals surface area contributed by atoms with Gasteiger partial charge in [-0.3, -0.25) is 9.59 Å². The fourth-order valence-electron chi connectivity index (χ4n) is 2.43. The van der Waals surface area contributed by atoms with Crippen molar-refractivity contribution >= 4 is 52.8 Å². The molecule has 0 aromatic carbocycles. The zero-order chi connectivity index (χ0) is 20.3. The van der Waals surface area contributed by atoms with Crippen LogP contribution in [0.15, 0.2) is 37.4 Å². The number of nitrogens with two attached hydrogens (primary N) is 1. The van der Waals surface area contributed by atoms with Gasteiger partial charge in [-0.15, -0.1) is 11.6 Å². The minimum atomic E-state index is -0.968. The highest BCUT2D eigenvalue weighted by atomic mass is 35.5. The van der Waals surface area contributed by atoms with Crippen LogP contribution in [-0.2, 0) is 0 Å². The Morgan fingerprint density at radius 1 is 1.59 bits per heavy atom. The minimum Gasteiger partial charge on any atom is -0.858 e. The van der Waals surface area contributed by atoms with Crippen molar-refractivity contribution in [2.24, 2.45) is 16.9 Å². The number of allylic oxidation sites excluding steroid dienone is 4. The van der Waals surface area contributed by atoms with Gasteiger partial charge < -0.3 is 26.7 Å². The molecule has 2 unspecified atom stereocenters. The average molecular weight is 430 g/mol. The summed E-state index contributed by atoms with van der Waals surface area (Å²) < 4.78 is 0. The molecule has 12 heteroatoms. The first kappa shape index (κ1) is 21.0. The van der Waals surface area contributed by atoms with Crippen molar-refractivity contribution in [1.29, 1.82) is 5.41 Å². The molecule has 27 heavy (non-hydrogen) atoms. The largest absolute Gasteiger partial charge is 0.858 e. The molecule has 2 atom stereocenters. The van der Waals surface area contributed by atoms with E-state index in [1.165, 1.54) is 6.08 Å². The molecule has 1 aromatic rings. The zero-order valence-electron chi connectivity index (χ0n) is 14.2. The number of aromatic nitrogens is 2. The second-order valence-electron chi connectivity index (χ2n) is 5.42. The Morgan fingerprint density at radius 2 is 2.26 bits per heavy atom. The smallest absolute Gasteiger partial charge is 0.263 e. The normalized spacial score (nSPS) is 20.3. The molecule has 9 nitrogen and oxygen atoms in total. The van der Waals surface area contributed by atoms with Crippen molar-refractivity contribution in [2.45, 2.75) is 17.5 Å². The number of carbonyl (C=O) groups is 1. The van der Waals surface area contributed by atoms with Gasteiger partial charge in [-0.2, -0.15) is 5.10 Å². The standard InChI is InChI=1S/C15H16Cl2N6O3S/c1-5-6(8(4-18)23-19)3-7(16)11(10(5)17)20-12(24)9-13(25)21-15(27-2)22-14(9)26/h3-5,10,18H,19H2,1-2H3,(H,20,24)(H2,21,22,25,26)/p-1. The highest BCUT2D eigenvalue weighted by Gasteiger charge is 2.32. The molecule has 5 N–H and O–H groups in total. The number of H-pyrrole nitrogens is 1. The lowest BCUT2D eigenvalue weighted by Gasteiger charge is -2.28. The number of hydrogen-bond donors (Lipinski definition) is 4. The van der Waals surface area contributed by atoms with E-state index in [9.17, 15) is 14.7 Å². The topological polar surface area (TPSA) is 160 Å². The van der Waals surface area contributed by atoms with Crippen LogP contribution in [0.1, 0.15) is 17.3 Å². The molecule has 2 rings (SSSR count). The van der Waals surface area contributed by atoms with Crippen molar-refractivity contribution in [3.8, 4) is 5.88 Å². The van der Waals surface area contributed by atoms with E-state index in [4.69, 9.17) is 34.5 Å². The van der Waals surface area contributed by atoms with E-state index < -0.39 is 34.2 Å². The number of hydrogen-bond acceptors (Lipinski definition) is 8. The van der Waals surface area contributed by atoms with Crippen LogP contribution in [0.2, 0.25) is 0 Å². The summed E-state index contributed by atoms with van der Waals surface area (Å²) in [7, 11) is 0. The summed E-state index contributed by atoms with van der Waals surface area (Å²) >= 11 is 13.7. The number of nitrogens with zero attached hydrogens (tertiary/aromatic N) is 2. The average Bonchev–Trinajstić information content (AvgIpc) is 2.63. The van der Waals surface area contributed by atoms with Crippen LogP contribution in [0.5, 0.6) is 5.88 Å². The van der Waals surface area contributed by atoms with E-state index in [2.05, 4.69) is 20.4 Å². The summed E-state index contributed by atoms with van der Waals surface area (Å²) in [6.45, 7) is 1.73. The van der Waals surface area contributed by atoms with Crippen molar-refractivity contribution in [3.63, 3.8) is 0 Å². The Bertz CT molecular complexity index is 940. The van der Waals surface area contributed by atoms with Crippen molar-refractivity contribution < 1.29 is 9.90 Å². The lowest BCUT2D eigenvalue weighted by atomic mass is 9.87. The summed E-state index contributed by atoms with van der Waals surface area (Å²) in [6, 6.07) is 0. The summed E-state index contributed by atoms with van der Waals surface area (Å²) in [5.41, 5.74) is -0.703. The Balaban J connectivity index is 2.42. The number of amides is 1. The van der Waals surface area contributed by atoms with Gasteiger partial charge in [0.15, 0.2) is 5.16 Å². The van der Waals surface area contributed by atoms with E-state index in [0.717, 1.165) is 18.0 Å². The number of thioether (sulfide) groups is 1. The predicted molar refractivity (Wildman–Crippen MR) is 104 cm³/mol. The van der Waals surface area contributed by atoms with Gasteiger partial charge in [-0.1, -0.05) is 30.3 Å². The van der Waals surface area contributed by atoms with Gasteiger partial charge in [0, 0.05) is 18.0 Å². The highest BCUT2D eigenvalue weighted by Crippen LogP contribution is 2.34. The quantitative estimate of drug-likeness (QED) is 0.136. The molecule has 0 radical (unpaired) electrons. The van der Waals surface area contributed by atoms with Crippen LogP contribution in [0.3, 0.4) is 0 Å². The first-order chi connectivity index (χ1) is 12.7. The van der Waals surface area contributed by atoms with Crippen molar-refractivity contribution in [2.75, 3.05) is 6.26 Å². The second-order valence-corrected chi connectivity index (χ2v) is 7.09. The maximum absolute atomic E-state index is 12.4. The Kier molecular flexibility index (Phi) is 6.68. The number of aromatic amines is 1. The molecule has 144 valence electrons. The van der Waals surface area contributed by atoms with Gasteiger partial charge >= 0.3 is 0 Å². The molecule has 0 saturated carbocycles. The van der Waals surface area contributed by atoms with Gasteiger partial charge in [-0.25, -0.2) is 4.98 Å². The van der Waals surface area contributed by atoms with Gasteiger partial charge in [-0.05, 0) is 17.9 Å². The number of alkyl halides is 1. The monoisotopic (exact) mass is 429 g/mol. The van der Waals surface area contributed by atoms with Crippen LogP contribution in [0, 0.1) is 11.3 Å². The molecule has 1 heterocycles. The van der Waals surface area contributed by atoms with Crippen LogP contribution in [0.4, 0.5) is 0 Å². The van der Waals surface area contributed by atoms with Crippen LogP contribution in [-0.4, -0.2) is 39.4 Å². The lowest BCUT2D eigenvalue weighted by molar-refractivity contribution is -0.276. The van der Waals surface area contributed by atoms with E-state index in [0.29, 0.717) is 5.57 Å². The van der Waals surface area contributed by atoms with E-state index in [-0.39, 0.29) is 21.6 Å². The molecule has 0 saturated heterocycles. The fraction of sp³-hybridized carbons (Fsp3) is 0.267. The third kappa shape index (κ3) is 4.18. The highest BCUT2D eigenvalue weighted by molar-refractivity contribution is 7.98. The van der Waals surface area contributed by atoms with Crippen LogP contribution >= 0.6 is 35.0 Å². The van der Waals surface area contributed by atoms with Gasteiger partial charge in [0.2, 0.25) is 0 Å². The molecule has 1 aromatic heterocycles. The van der Waals surface area contributed by atoms with E-state index in [1.54, 1.807) is 13.2 Å². The van der Waals surface area contributed by atoms with Gasteiger partial charge in [0.1, 0.15) is 11.3 Å². The number of carbonyl (C=O) groups excluding carboxylic acids is 1. The molecule has 1 aliphatic carbocycles. The third-order valence-corrected chi connectivity index (χ3v) is 5.34. The minimum absolute atomic E-state index is 0.0667.